The first kappa shape index (κ1) is 14.5. The molecule has 2 aliphatic rings. The highest BCUT2D eigenvalue weighted by molar-refractivity contribution is 5.96. The second kappa shape index (κ2) is 5.81. The SMILES string of the molecule is O=C(c1cc2ccccc2c(=O)[nH]1)N1CCOC2CCCCC21. The van der Waals surface area contributed by atoms with Gasteiger partial charge in [0.25, 0.3) is 11.5 Å². The van der Waals surface area contributed by atoms with Gasteiger partial charge in [0.15, 0.2) is 0 Å². The van der Waals surface area contributed by atoms with Crippen molar-refractivity contribution in [2.24, 2.45) is 0 Å². The fourth-order valence-corrected chi connectivity index (χ4v) is 3.83. The molecular formula is C18H20N2O3. The lowest BCUT2D eigenvalue weighted by atomic mass is 9.90. The maximum Gasteiger partial charge on any atom is 0.270 e. The van der Waals surface area contributed by atoms with E-state index in [1.165, 1.54) is 0 Å². The standard InChI is InChI=1S/C18H20N2O3/c21-17-13-6-2-1-5-12(13)11-14(19-17)18(22)20-9-10-23-16-8-4-3-7-15(16)20/h1-2,5-6,11,15-16H,3-4,7-10H2,(H,19,21). The number of fused-ring (bicyclic) bond motifs is 2. The van der Waals surface area contributed by atoms with Crippen molar-refractivity contribution in [3.05, 3.63) is 46.4 Å². The summed E-state index contributed by atoms with van der Waals surface area (Å²) in [5, 5.41) is 1.41. The Balaban J connectivity index is 1.69. The van der Waals surface area contributed by atoms with Gasteiger partial charge in [-0.3, -0.25) is 9.59 Å². The average Bonchev–Trinajstić information content (AvgIpc) is 2.60. The number of H-pyrrole nitrogens is 1. The number of rotatable bonds is 1. The zero-order chi connectivity index (χ0) is 15.8. The molecule has 0 spiro atoms. The summed E-state index contributed by atoms with van der Waals surface area (Å²) in [5.74, 6) is -0.0898. The summed E-state index contributed by atoms with van der Waals surface area (Å²) >= 11 is 0. The molecule has 120 valence electrons. The number of aromatic amines is 1. The minimum atomic E-state index is -0.208. The second-order valence-electron chi connectivity index (χ2n) is 6.36. The summed E-state index contributed by atoms with van der Waals surface area (Å²) in [4.78, 5) is 29.8. The normalized spacial score (nSPS) is 24.4. The van der Waals surface area contributed by atoms with E-state index in [4.69, 9.17) is 4.74 Å². The molecule has 2 atom stereocenters. The number of ether oxygens (including phenoxy) is 1. The third-order valence-electron chi connectivity index (χ3n) is 4.98. The van der Waals surface area contributed by atoms with Crippen LogP contribution in [0.4, 0.5) is 0 Å². The Bertz CT molecular complexity index is 796. The monoisotopic (exact) mass is 312 g/mol. The van der Waals surface area contributed by atoms with Crippen molar-refractivity contribution in [3.8, 4) is 0 Å². The van der Waals surface area contributed by atoms with Gasteiger partial charge in [-0.2, -0.15) is 0 Å². The number of hydrogen-bond donors (Lipinski definition) is 1. The average molecular weight is 312 g/mol. The molecule has 1 aromatic carbocycles. The number of carbonyl (C=O) groups excluding carboxylic acids is 1. The molecule has 2 unspecified atom stereocenters. The molecule has 5 nitrogen and oxygen atoms in total. The number of aromatic nitrogens is 1. The van der Waals surface area contributed by atoms with Gasteiger partial charge in [-0.15, -0.1) is 0 Å². The highest BCUT2D eigenvalue weighted by Crippen LogP contribution is 2.29. The molecule has 1 amide bonds. The van der Waals surface area contributed by atoms with Crippen LogP contribution in [0.5, 0.6) is 0 Å². The number of benzene rings is 1. The van der Waals surface area contributed by atoms with Crippen LogP contribution in [0.15, 0.2) is 35.1 Å². The van der Waals surface area contributed by atoms with Crippen LogP contribution in [0.3, 0.4) is 0 Å². The lowest BCUT2D eigenvalue weighted by Crippen LogP contribution is -2.55. The molecule has 2 heterocycles. The molecule has 1 aromatic heterocycles. The number of nitrogens with one attached hydrogen (secondary N) is 1. The largest absolute Gasteiger partial charge is 0.374 e. The van der Waals surface area contributed by atoms with Crippen molar-refractivity contribution in [2.45, 2.75) is 37.8 Å². The molecule has 0 bridgehead atoms. The number of nitrogens with zero attached hydrogens (tertiary/aromatic N) is 1. The maximum absolute atomic E-state index is 13.0. The van der Waals surface area contributed by atoms with Gasteiger partial charge in [0, 0.05) is 11.9 Å². The minimum Gasteiger partial charge on any atom is -0.374 e. The lowest BCUT2D eigenvalue weighted by molar-refractivity contribution is -0.0754. The molecule has 23 heavy (non-hydrogen) atoms. The fraction of sp³-hybridized carbons (Fsp3) is 0.444. The summed E-state index contributed by atoms with van der Waals surface area (Å²) in [5.41, 5.74) is 0.167. The maximum atomic E-state index is 13.0. The van der Waals surface area contributed by atoms with Crippen LogP contribution in [0, 0.1) is 0 Å². The van der Waals surface area contributed by atoms with Crippen LogP contribution in [0.25, 0.3) is 10.8 Å². The number of pyridine rings is 1. The predicted octanol–water partition coefficient (Wildman–Crippen LogP) is 2.31. The van der Waals surface area contributed by atoms with Crippen LogP contribution in [-0.2, 0) is 4.74 Å². The molecule has 1 aliphatic heterocycles. The third kappa shape index (κ3) is 2.55. The zero-order valence-electron chi connectivity index (χ0n) is 13.0. The van der Waals surface area contributed by atoms with E-state index in [2.05, 4.69) is 4.98 Å². The van der Waals surface area contributed by atoms with Gasteiger partial charge in [-0.25, -0.2) is 0 Å². The fourth-order valence-electron chi connectivity index (χ4n) is 3.83. The van der Waals surface area contributed by atoms with Crippen LogP contribution in [0.1, 0.15) is 36.2 Å². The third-order valence-corrected chi connectivity index (χ3v) is 4.98. The topological polar surface area (TPSA) is 62.4 Å². The predicted molar refractivity (Wildman–Crippen MR) is 87.6 cm³/mol. The molecule has 0 radical (unpaired) electrons. The molecule has 1 saturated carbocycles. The smallest absolute Gasteiger partial charge is 0.270 e. The van der Waals surface area contributed by atoms with E-state index in [1.807, 2.05) is 23.1 Å². The molecule has 1 aliphatic carbocycles. The van der Waals surface area contributed by atoms with Crippen molar-refractivity contribution >= 4 is 16.7 Å². The van der Waals surface area contributed by atoms with E-state index in [1.54, 1.807) is 12.1 Å². The Morgan fingerprint density at radius 2 is 2.04 bits per heavy atom. The number of amides is 1. The van der Waals surface area contributed by atoms with Crippen molar-refractivity contribution in [2.75, 3.05) is 13.2 Å². The Hall–Kier alpha value is -2.14. The lowest BCUT2D eigenvalue weighted by Gasteiger charge is -2.43. The number of carbonyl (C=O) groups is 1. The van der Waals surface area contributed by atoms with Crippen LogP contribution < -0.4 is 5.56 Å². The van der Waals surface area contributed by atoms with E-state index in [9.17, 15) is 9.59 Å². The first-order valence-electron chi connectivity index (χ1n) is 8.29. The van der Waals surface area contributed by atoms with E-state index >= 15 is 0 Å². The summed E-state index contributed by atoms with van der Waals surface area (Å²) in [7, 11) is 0. The van der Waals surface area contributed by atoms with E-state index in [0.29, 0.717) is 24.2 Å². The van der Waals surface area contributed by atoms with Crippen molar-refractivity contribution in [1.82, 2.24) is 9.88 Å². The summed E-state index contributed by atoms with van der Waals surface area (Å²) in [6.07, 6.45) is 4.43. The first-order valence-corrected chi connectivity index (χ1v) is 8.29. The van der Waals surface area contributed by atoms with Gasteiger partial charge < -0.3 is 14.6 Å². The minimum absolute atomic E-state index is 0.0898. The van der Waals surface area contributed by atoms with Crippen molar-refractivity contribution in [1.29, 1.82) is 0 Å². The highest BCUT2D eigenvalue weighted by atomic mass is 16.5. The molecule has 1 saturated heterocycles. The molecule has 1 N–H and O–H groups in total. The Morgan fingerprint density at radius 3 is 2.96 bits per heavy atom. The quantitative estimate of drug-likeness (QED) is 0.879. The van der Waals surface area contributed by atoms with Gasteiger partial charge in [-0.05, 0) is 30.4 Å². The van der Waals surface area contributed by atoms with Gasteiger partial charge in [0.2, 0.25) is 0 Å². The molecule has 4 rings (SSSR count). The summed E-state index contributed by atoms with van der Waals surface area (Å²) in [6.45, 7) is 1.17. The Morgan fingerprint density at radius 1 is 1.22 bits per heavy atom. The number of morpholine rings is 1. The Labute approximate surface area is 134 Å². The first-order chi connectivity index (χ1) is 11.2. The van der Waals surface area contributed by atoms with Gasteiger partial charge >= 0.3 is 0 Å². The summed E-state index contributed by atoms with van der Waals surface area (Å²) in [6, 6.07) is 9.26. The second-order valence-corrected chi connectivity index (χ2v) is 6.36. The molecule has 2 aromatic rings. The van der Waals surface area contributed by atoms with Gasteiger partial charge in [-0.1, -0.05) is 31.0 Å². The van der Waals surface area contributed by atoms with Gasteiger partial charge in [0.05, 0.1) is 18.8 Å². The summed E-state index contributed by atoms with van der Waals surface area (Å²) < 4.78 is 5.83. The number of hydrogen-bond acceptors (Lipinski definition) is 3. The van der Waals surface area contributed by atoms with E-state index in [0.717, 1.165) is 31.1 Å². The van der Waals surface area contributed by atoms with E-state index < -0.39 is 0 Å². The highest BCUT2D eigenvalue weighted by Gasteiger charge is 2.37. The zero-order valence-corrected chi connectivity index (χ0v) is 13.0. The molecule has 5 heteroatoms. The van der Waals surface area contributed by atoms with Crippen molar-refractivity contribution in [3.63, 3.8) is 0 Å². The molecular weight excluding hydrogens is 292 g/mol. The van der Waals surface area contributed by atoms with Crippen LogP contribution >= 0.6 is 0 Å². The van der Waals surface area contributed by atoms with Crippen molar-refractivity contribution < 1.29 is 9.53 Å². The van der Waals surface area contributed by atoms with E-state index in [-0.39, 0.29) is 23.6 Å². The van der Waals surface area contributed by atoms with Crippen LogP contribution in [0.2, 0.25) is 0 Å². The van der Waals surface area contributed by atoms with Crippen LogP contribution in [-0.4, -0.2) is 41.1 Å². The Kier molecular flexibility index (Phi) is 3.65. The molecule has 2 fully saturated rings. The van der Waals surface area contributed by atoms with Gasteiger partial charge in [0.1, 0.15) is 5.69 Å².